The number of amides is 1. The molecule has 13 nitrogen and oxygen atoms in total. The molecule has 51 heavy (non-hydrogen) atoms. The van der Waals surface area contributed by atoms with Gasteiger partial charge in [-0.2, -0.15) is 0 Å². The maximum Gasteiger partial charge on any atom is 1.00 e. The summed E-state index contributed by atoms with van der Waals surface area (Å²) in [5.41, 5.74) is -0.105. The third kappa shape index (κ3) is 7.79. The van der Waals surface area contributed by atoms with Gasteiger partial charge in [0.25, 0.3) is 11.7 Å². The van der Waals surface area contributed by atoms with Gasteiger partial charge in [-0.1, -0.05) is 45.9 Å². The van der Waals surface area contributed by atoms with Crippen molar-refractivity contribution in [2.75, 3.05) is 19.5 Å². The molecule has 0 aliphatic carbocycles. The van der Waals surface area contributed by atoms with Crippen LogP contribution in [0.3, 0.4) is 0 Å². The average molecular weight is 721 g/mol. The van der Waals surface area contributed by atoms with Crippen LogP contribution in [0, 0.1) is 36.5 Å². The maximum absolute atomic E-state index is 13.9. The van der Waals surface area contributed by atoms with Gasteiger partial charge >= 0.3 is 41.3 Å². The van der Waals surface area contributed by atoms with Crippen molar-refractivity contribution in [1.82, 2.24) is 0 Å². The Hall–Kier alpha value is -3.59. The average Bonchev–Trinajstić information content (AvgIpc) is 3.34. The first-order valence-corrected chi connectivity index (χ1v) is 16.4. The molecule has 0 aromatic heterocycles. The van der Waals surface area contributed by atoms with Gasteiger partial charge in [-0.3, -0.25) is 14.4 Å². The molecule has 2 aromatic rings. The summed E-state index contributed by atoms with van der Waals surface area (Å²) in [4.78, 5) is 40.2. The van der Waals surface area contributed by atoms with E-state index in [0.29, 0.717) is 0 Å². The number of benzene rings is 2. The first kappa shape index (κ1) is 41.8. The Morgan fingerprint density at radius 2 is 1.57 bits per heavy atom. The molecular formula is C37H47NNaO12+. The predicted molar refractivity (Wildman–Crippen MR) is 184 cm³/mol. The summed E-state index contributed by atoms with van der Waals surface area (Å²) >= 11 is 0. The van der Waals surface area contributed by atoms with E-state index in [0.717, 1.165) is 6.07 Å². The molecule has 5 bridgehead atoms. The standard InChI is InChI=1S/C37H47NO12.Na/c1-16-11-10-12-17(2)35(45)38-22-15-23(39)26-27(32(22)43)31(42)21(6)33-28(26)34(44)37(7,50-33)49-14-13-24(47-8)18(3)25(36(46)48-9)19(4)30(41)20(5)29(16)40;/h10-16,18-20,24-25,29-30,39-43H,1-9H3,(H,38,45);/q;+1/b11-10+,14-13+,17-12-;/t16-,18+,19-,20-,24+,25+,29-,30-,37+;/m1./s1. The number of esters is 1. The van der Waals surface area contributed by atoms with Crippen LogP contribution in [0.25, 0.3) is 10.8 Å². The molecule has 0 saturated heterocycles. The third-order valence-corrected chi connectivity index (χ3v) is 10.1. The Balaban J connectivity index is 0.00000702. The molecule has 0 saturated carbocycles. The van der Waals surface area contributed by atoms with Gasteiger partial charge < -0.3 is 49.8 Å². The van der Waals surface area contributed by atoms with Crippen molar-refractivity contribution in [2.45, 2.75) is 72.6 Å². The normalized spacial score (nSPS) is 32.6. The number of rotatable bonds is 2. The maximum atomic E-state index is 13.9. The van der Waals surface area contributed by atoms with Gasteiger partial charge in [-0.15, -0.1) is 0 Å². The van der Waals surface area contributed by atoms with E-state index < -0.39 is 88.6 Å². The first-order chi connectivity index (χ1) is 23.4. The smallest absolute Gasteiger partial charge is 0.507 e. The zero-order chi connectivity index (χ0) is 37.4. The Morgan fingerprint density at radius 1 is 0.922 bits per heavy atom. The van der Waals surface area contributed by atoms with E-state index in [4.69, 9.17) is 18.9 Å². The van der Waals surface area contributed by atoms with Gasteiger partial charge in [0.1, 0.15) is 17.2 Å². The van der Waals surface area contributed by atoms with Gasteiger partial charge in [-0.05, 0) is 31.8 Å². The Morgan fingerprint density at radius 3 is 2.18 bits per heavy atom. The molecule has 3 aliphatic rings. The largest absolute Gasteiger partial charge is 1.00 e. The van der Waals surface area contributed by atoms with Crippen LogP contribution in [0.5, 0.6) is 23.0 Å². The van der Waals surface area contributed by atoms with Crippen molar-refractivity contribution in [3.8, 4) is 23.0 Å². The fourth-order valence-electron chi connectivity index (χ4n) is 6.84. The number of aliphatic hydroxyl groups excluding tert-OH is 2. The van der Waals surface area contributed by atoms with E-state index in [9.17, 15) is 39.9 Å². The fourth-order valence-corrected chi connectivity index (χ4v) is 6.84. The van der Waals surface area contributed by atoms with Crippen LogP contribution in [-0.4, -0.2) is 81.5 Å². The second-order valence-corrected chi connectivity index (χ2v) is 13.4. The number of anilines is 1. The number of phenolic OH excluding ortho intramolecular Hbond substituents is 3. The van der Waals surface area contributed by atoms with Crippen LogP contribution in [0.1, 0.15) is 57.5 Å². The number of carbonyl (C=O) groups excluding carboxylic acids is 3. The van der Waals surface area contributed by atoms with Gasteiger partial charge in [-0.25, -0.2) is 0 Å². The van der Waals surface area contributed by atoms with Crippen LogP contribution in [-0.2, 0) is 23.8 Å². The molecule has 0 fully saturated rings. The number of hydrogen-bond donors (Lipinski definition) is 6. The number of nitrogens with one attached hydrogen (secondary N) is 1. The molecule has 3 aliphatic heterocycles. The number of fused-ring (bicyclic) bond motifs is 14. The molecule has 272 valence electrons. The van der Waals surface area contributed by atoms with Crippen molar-refractivity contribution in [2.24, 2.45) is 29.6 Å². The molecular weight excluding hydrogens is 673 g/mol. The minimum Gasteiger partial charge on any atom is -0.507 e. The predicted octanol–water partition coefficient (Wildman–Crippen LogP) is 1.62. The van der Waals surface area contributed by atoms with E-state index >= 15 is 0 Å². The molecule has 5 rings (SSSR count). The molecule has 3 heterocycles. The van der Waals surface area contributed by atoms with Crippen molar-refractivity contribution >= 4 is 34.1 Å². The van der Waals surface area contributed by atoms with Crippen molar-refractivity contribution < 1.29 is 88.4 Å². The van der Waals surface area contributed by atoms with Crippen LogP contribution in [0.15, 0.2) is 42.2 Å². The Bertz CT molecular complexity index is 1770. The van der Waals surface area contributed by atoms with Gasteiger partial charge in [0.2, 0.25) is 0 Å². The summed E-state index contributed by atoms with van der Waals surface area (Å²) < 4.78 is 22.6. The number of methoxy groups -OCH3 is 2. The molecule has 1 amide bonds. The molecule has 0 unspecified atom stereocenters. The number of carbonyl (C=O) groups is 3. The summed E-state index contributed by atoms with van der Waals surface area (Å²) in [5.74, 6) is -9.04. The quantitative estimate of drug-likeness (QED) is 0.114. The molecule has 2 aromatic carbocycles. The van der Waals surface area contributed by atoms with Gasteiger partial charge in [0.05, 0.1) is 54.2 Å². The van der Waals surface area contributed by atoms with Crippen molar-refractivity contribution in [1.29, 1.82) is 0 Å². The number of ether oxygens (including phenoxy) is 4. The number of ketones is 1. The van der Waals surface area contributed by atoms with Gasteiger partial charge in [0.15, 0.2) is 5.75 Å². The third-order valence-electron chi connectivity index (χ3n) is 10.1. The molecule has 14 heteroatoms. The minimum atomic E-state index is -1.99. The molecule has 9 atom stereocenters. The topological polar surface area (TPSA) is 201 Å². The van der Waals surface area contributed by atoms with Crippen LogP contribution >= 0.6 is 0 Å². The number of phenols is 3. The van der Waals surface area contributed by atoms with Crippen LogP contribution in [0.2, 0.25) is 0 Å². The number of aliphatic hydroxyl groups is 2. The summed E-state index contributed by atoms with van der Waals surface area (Å²) in [6.07, 6.45) is 4.39. The van der Waals surface area contributed by atoms with Crippen molar-refractivity contribution in [3.05, 3.63) is 53.3 Å². The van der Waals surface area contributed by atoms with Crippen LogP contribution < -0.4 is 39.6 Å². The summed E-state index contributed by atoms with van der Waals surface area (Å²) in [5, 5.41) is 58.2. The monoisotopic (exact) mass is 720 g/mol. The number of aromatic hydroxyl groups is 3. The number of allylic oxidation sites excluding steroid dienone is 2. The first-order valence-electron chi connectivity index (χ1n) is 16.4. The van der Waals surface area contributed by atoms with Crippen molar-refractivity contribution in [3.63, 3.8) is 0 Å². The van der Waals surface area contributed by atoms with E-state index in [1.165, 1.54) is 53.4 Å². The van der Waals surface area contributed by atoms with E-state index in [2.05, 4.69) is 5.32 Å². The summed E-state index contributed by atoms with van der Waals surface area (Å²) in [7, 11) is 2.66. The SMILES string of the molecule is COC(=O)[C@H]1[C@@H](C)[C@@H](OC)/C=C/O[C@@]2(C)Oc3c(C)c(O)c4c(O)c(cc(O)c4c3C2=O)NC(=O)/C(C)=C\C=C\[C@@H](C)[C@@H](O)[C@@H](C)[C@H](O)[C@@H]1C.[Na+]. The molecule has 6 N–H and O–H groups in total. The number of hydrogen-bond acceptors (Lipinski definition) is 12. The second kappa shape index (κ2) is 16.4. The Kier molecular flexibility index (Phi) is 13.4. The van der Waals surface area contributed by atoms with E-state index in [1.807, 2.05) is 0 Å². The number of Topliss-reactive ketones (excluding diaryl/α,β-unsaturated/α-hetero) is 1. The minimum absolute atomic E-state index is 0. The zero-order valence-corrected chi connectivity index (χ0v) is 32.7. The van der Waals surface area contributed by atoms with E-state index in [1.54, 1.807) is 39.8 Å². The molecule has 0 radical (unpaired) electrons. The fraction of sp³-hybridized carbons (Fsp3) is 0.486. The second-order valence-electron chi connectivity index (χ2n) is 13.4. The van der Waals surface area contributed by atoms with Crippen LogP contribution in [0.4, 0.5) is 5.69 Å². The van der Waals surface area contributed by atoms with E-state index in [-0.39, 0.29) is 68.5 Å². The molecule has 0 spiro atoms. The Labute approximate surface area is 319 Å². The summed E-state index contributed by atoms with van der Waals surface area (Å²) in [6, 6.07) is 1.06. The van der Waals surface area contributed by atoms with Gasteiger partial charge in [0, 0.05) is 48.5 Å². The summed E-state index contributed by atoms with van der Waals surface area (Å²) in [6.45, 7) is 11.2. The zero-order valence-electron chi connectivity index (χ0n) is 30.7.